The van der Waals surface area contributed by atoms with Gasteiger partial charge < -0.3 is 5.11 Å². The van der Waals surface area contributed by atoms with E-state index in [4.69, 9.17) is 5.11 Å². The first-order chi connectivity index (χ1) is 3.83. The van der Waals surface area contributed by atoms with Crippen LogP contribution in [0.3, 0.4) is 0 Å². The maximum Gasteiger partial charge on any atom is 0.0609 e. The van der Waals surface area contributed by atoms with E-state index in [1.54, 1.807) is 0 Å². The summed E-state index contributed by atoms with van der Waals surface area (Å²) in [6, 6.07) is 0. The Morgan fingerprint density at radius 3 is 1.62 bits per heavy atom. The molecule has 0 amide bonds. The summed E-state index contributed by atoms with van der Waals surface area (Å²) in [5, 5.41) is 7.76. The molecule has 0 spiro atoms. The van der Waals surface area contributed by atoms with Crippen LogP contribution in [0.1, 0.15) is 26.7 Å². The van der Waals surface area contributed by atoms with E-state index in [1.165, 1.54) is 18.9 Å². The molecule has 0 aromatic heterocycles. The van der Waals surface area contributed by atoms with Crippen molar-refractivity contribution in [2.24, 2.45) is 0 Å². The Morgan fingerprint density at radius 1 is 1.38 bits per heavy atom. The fraction of sp³-hybridized carbons (Fsp3) is 0.714. The average molecular weight is 116 g/mol. The van der Waals surface area contributed by atoms with Gasteiger partial charge in [0.15, 0.2) is 0 Å². The van der Waals surface area contributed by atoms with E-state index in [2.05, 4.69) is 20.4 Å². The standard InChI is InChI=1S/C4H10.C3H6O/c1-3-4-2;1-2-3-4/h3-4H2,1-2H3;2,4H,1,3H2. The van der Waals surface area contributed by atoms with Crippen LogP contribution >= 0.6 is 0 Å². The molecule has 0 aliphatic carbocycles. The molecule has 0 aliphatic rings. The van der Waals surface area contributed by atoms with Crippen molar-refractivity contribution in [2.45, 2.75) is 26.7 Å². The van der Waals surface area contributed by atoms with Gasteiger partial charge in [0.05, 0.1) is 6.61 Å². The van der Waals surface area contributed by atoms with Crippen LogP contribution in [0.4, 0.5) is 0 Å². The van der Waals surface area contributed by atoms with Crippen LogP contribution in [0.5, 0.6) is 0 Å². The van der Waals surface area contributed by atoms with Gasteiger partial charge in [0, 0.05) is 0 Å². The van der Waals surface area contributed by atoms with Crippen LogP contribution in [0.25, 0.3) is 0 Å². The van der Waals surface area contributed by atoms with Crippen molar-refractivity contribution in [1.29, 1.82) is 0 Å². The van der Waals surface area contributed by atoms with Gasteiger partial charge >= 0.3 is 0 Å². The highest BCUT2D eigenvalue weighted by Crippen LogP contribution is 1.76. The van der Waals surface area contributed by atoms with Crippen molar-refractivity contribution < 1.29 is 5.11 Å². The van der Waals surface area contributed by atoms with Gasteiger partial charge in [0.2, 0.25) is 0 Å². The minimum absolute atomic E-state index is 0.0833. The molecule has 1 nitrogen and oxygen atoms in total. The van der Waals surface area contributed by atoms with Gasteiger partial charge in [-0.05, 0) is 0 Å². The zero-order valence-electron chi connectivity index (χ0n) is 5.85. The molecular weight excluding hydrogens is 100 g/mol. The normalized spacial score (nSPS) is 6.88. The highest BCUT2D eigenvalue weighted by atomic mass is 16.2. The highest BCUT2D eigenvalue weighted by molar-refractivity contribution is 4.60. The van der Waals surface area contributed by atoms with Crippen molar-refractivity contribution in [3.05, 3.63) is 12.7 Å². The molecule has 0 atom stereocenters. The zero-order valence-corrected chi connectivity index (χ0v) is 5.85. The number of hydrogen-bond donors (Lipinski definition) is 1. The fourth-order valence-electron chi connectivity index (χ4n) is 0. The molecule has 0 rings (SSSR count). The van der Waals surface area contributed by atoms with E-state index in [-0.39, 0.29) is 6.61 Å². The lowest BCUT2D eigenvalue weighted by atomic mass is 10.4. The quantitative estimate of drug-likeness (QED) is 0.547. The lowest BCUT2D eigenvalue weighted by molar-refractivity contribution is 0.343. The van der Waals surface area contributed by atoms with Gasteiger partial charge in [-0.3, -0.25) is 0 Å². The molecule has 0 bridgehead atoms. The Labute approximate surface area is 52.0 Å². The summed E-state index contributed by atoms with van der Waals surface area (Å²) in [4.78, 5) is 0. The minimum atomic E-state index is 0.0833. The highest BCUT2D eigenvalue weighted by Gasteiger charge is 1.56. The van der Waals surface area contributed by atoms with Crippen molar-refractivity contribution in [1.82, 2.24) is 0 Å². The molecule has 50 valence electrons. The summed E-state index contributed by atoms with van der Waals surface area (Å²) in [6.45, 7) is 7.67. The van der Waals surface area contributed by atoms with E-state index in [9.17, 15) is 0 Å². The van der Waals surface area contributed by atoms with Crippen molar-refractivity contribution >= 4 is 0 Å². The summed E-state index contributed by atoms with van der Waals surface area (Å²) in [7, 11) is 0. The first-order valence-electron chi connectivity index (χ1n) is 3.05. The topological polar surface area (TPSA) is 20.2 Å². The third-order valence-corrected chi connectivity index (χ3v) is 0.629. The van der Waals surface area contributed by atoms with E-state index >= 15 is 0 Å². The maximum absolute atomic E-state index is 7.76. The first kappa shape index (κ1) is 10.6. The van der Waals surface area contributed by atoms with Crippen molar-refractivity contribution in [2.75, 3.05) is 6.61 Å². The molecule has 0 aromatic rings. The van der Waals surface area contributed by atoms with Crippen LogP contribution in [-0.4, -0.2) is 11.7 Å². The minimum Gasteiger partial charge on any atom is -0.392 e. The smallest absolute Gasteiger partial charge is 0.0609 e. The van der Waals surface area contributed by atoms with Crippen LogP contribution in [0.15, 0.2) is 12.7 Å². The van der Waals surface area contributed by atoms with Gasteiger partial charge in [0.25, 0.3) is 0 Å². The summed E-state index contributed by atoms with van der Waals surface area (Å²) >= 11 is 0. The summed E-state index contributed by atoms with van der Waals surface area (Å²) < 4.78 is 0. The molecule has 1 heteroatoms. The Kier molecular flexibility index (Phi) is 21.1. The third kappa shape index (κ3) is 43.6. The molecule has 0 radical (unpaired) electrons. The molecule has 1 N–H and O–H groups in total. The number of unbranched alkanes of at least 4 members (excludes halogenated alkanes) is 1. The molecule has 0 fully saturated rings. The van der Waals surface area contributed by atoms with Crippen molar-refractivity contribution in [3.63, 3.8) is 0 Å². The summed E-state index contributed by atoms with van der Waals surface area (Å²) in [5.41, 5.74) is 0. The molecule has 0 aromatic carbocycles. The van der Waals surface area contributed by atoms with Crippen molar-refractivity contribution in [3.8, 4) is 0 Å². The molecule has 0 heterocycles. The molecule has 0 unspecified atom stereocenters. The molecule has 0 saturated carbocycles. The number of aliphatic hydroxyl groups is 1. The molecule has 0 saturated heterocycles. The Bertz CT molecular complexity index is 31.4. The summed E-state index contributed by atoms with van der Waals surface area (Å²) in [5.74, 6) is 0. The van der Waals surface area contributed by atoms with Gasteiger partial charge in [0.1, 0.15) is 0 Å². The molecular formula is C7H16O. The second-order valence-electron chi connectivity index (χ2n) is 1.47. The Balaban J connectivity index is 0. The zero-order chi connectivity index (χ0) is 6.83. The number of rotatable bonds is 2. The van der Waals surface area contributed by atoms with Gasteiger partial charge in [-0.1, -0.05) is 32.8 Å². The third-order valence-electron chi connectivity index (χ3n) is 0.629. The van der Waals surface area contributed by atoms with Crippen LogP contribution < -0.4 is 0 Å². The first-order valence-corrected chi connectivity index (χ1v) is 3.05. The molecule has 0 aliphatic heterocycles. The lowest BCUT2D eigenvalue weighted by Crippen LogP contribution is -1.62. The SMILES string of the molecule is C=CCO.CCCC. The summed E-state index contributed by atoms with van der Waals surface area (Å²) in [6.07, 6.45) is 4.07. The van der Waals surface area contributed by atoms with Crippen LogP contribution in [-0.2, 0) is 0 Å². The number of aliphatic hydroxyl groups excluding tert-OH is 1. The second-order valence-corrected chi connectivity index (χ2v) is 1.47. The maximum atomic E-state index is 7.76. The van der Waals surface area contributed by atoms with Crippen LogP contribution in [0.2, 0.25) is 0 Å². The van der Waals surface area contributed by atoms with E-state index in [1.807, 2.05) is 0 Å². The average Bonchev–Trinajstić information content (AvgIpc) is 1.88. The van der Waals surface area contributed by atoms with Gasteiger partial charge in [-0.2, -0.15) is 0 Å². The van der Waals surface area contributed by atoms with E-state index in [0.717, 1.165) is 0 Å². The second kappa shape index (κ2) is 15.9. The lowest BCUT2D eigenvalue weighted by Gasteiger charge is -1.68. The molecule has 8 heavy (non-hydrogen) atoms. The van der Waals surface area contributed by atoms with Gasteiger partial charge in [-0.15, -0.1) is 6.58 Å². The predicted molar refractivity (Wildman–Crippen MR) is 37.9 cm³/mol. The number of hydrogen-bond acceptors (Lipinski definition) is 1. The van der Waals surface area contributed by atoms with E-state index < -0.39 is 0 Å². The Hall–Kier alpha value is -0.300. The fourth-order valence-corrected chi connectivity index (χ4v) is 0. The Morgan fingerprint density at radius 2 is 1.62 bits per heavy atom. The van der Waals surface area contributed by atoms with Crippen LogP contribution in [0, 0.1) is 0 Å². The predicted octanol–water partition coefficient (Wildman–Crippen LogP) is 1.97. The van der Waals surface area contributed by atoms with E-state index in [0.29, 0.717) is 0 Å². The monoisotopic (exact) mass is 116 g/mol. The van der Waals surface area contributed by atoms with Gasteiger partial charge in [-0.25, -0.2) is 0 Å². The largest absolute Gasteiger partial charge is 0.392 e.